The summed E-state index contributed by atoms with van der Waals surface area (Å²) >= 11 is 3.15. The van der Waals surface area contributed by atoms with Gasteiger partial charge in [-0.25, -0.2) is 0 Å². The van der Waals surface area contributed by atoms with Gasteiger partial charge >= 0.3 is 6.18 Å². The second-order valence-electron chi connectivity index (χ2n) is 4.41. The molecule has 0 amide bonds. The van der Waals surface area contributed by atoms with Crippen LogP contribution in [0.1, 0.15) is 29.9 Å². The predicted molar refractivity (Wildman–Crippen MR) is 65.7 cm³/mol. The van der Waals surface area contributed by atoms with Crippen LogP contribution in [0, 0.1) is 0 Å². The molecule has 2 N–H and O–H groups in total. The number of nitrogens with one attached hydrogen (secondary N) is 1. The fourth-order valence-electron chi connectivity index (χ4n) is 2.28. The molecule has 0 atom stereocenters. The number of hydrogen-bond acceptors (Lipinski definition) is 2. The van der Waals surface area contributed by atoms with Gasteiger partial charge in [-0.2, -0.15) is 13.2 Å². The Labute approximate surface area is 111 Å². The average molecular weight is 324 g/mol. The Bertz CT molecular complexity index is 418. The van der Waals surface area contributed by atoms with Crippen LogP contribution in [-0.2, 0) is 6.18 Å². The van der Waals surface area contributed by atoms with E-state index >= 15 is 0 Å². The molecule has 0 spiro atoms. The highest BCUT2D eigenvalue weighted by atomic mass is 79.9. The Morgan fingerprint density at radius 3 is 2.33 bits per heavy atom. The van der Waals surface area contributed by atoms with Crippen LogP contribution in [-0.4, -0.2) is 18.2 Å². The lowest BCUT2D eigenvalue weighted by molar-refractivity contribution is -0.137. The molecule has 1 fully saturated rings. The molecule has 0 aliphatic carbocycles. The van der Waals surface area contributed by atoms with Crippen LogP contribution >= 0.6 is 15.9 Å². The number of phenolic OH excluding ortho intramolecular Hbond substituents is 1. The molecule has 0 bridgehead atoms. The molecule has 18 heavy (non-hydrogen) atoms. The Balaban J connectivity index is 2.37. The highest BCUT2D eigenvalue weighted by Crippen LogP contribution is 2.41. The zero-order chi connectivity index (χ0) is 13.3. The van der Waals surface area contributed by atoms with E-state index in [4.69, 9.17) is 0 Å². The minimum atomic E-state index is -4.44. The van der Waals surface area contributed by atoms with Crippen molar-refractivity contribution in [1.82, 2.24) is 5.32 Å². The van der Waals surface area contributed by atoms with Gasteiger partial charge in [-0.1, -0.05) is 15.9 Å². The number of benzene rings is 1. The summed E-state index contributed by atoms with van der Waals surface area (Å²) in [5, 5.41) is 13.0. The molecule has 1 aliphatic heterocycles. The summed E-state index contributed by atoms with van der Waals surface area (Å²) in [4.78, 5) is 0. The van der Waals surface area contributed by atoms with Crippen molar-refractivity contribution < 1.29 is 18.3 Å². The van der Waals surface area contributed by atoms with Gasteiger partial charge in [0.1, 0.15) is 5.75 Å². The van der Waals surface area contributed by atoms with Gasteiger partial charge in [0.05, 0.1) is 5.56 Å². The lowest BCUT2D eigenvalue weighted by Gasteiger charge is -2.25. The van der Waals surface area contributed by atoms with Crippen molar-refractivity contribution in [3.63, 3.8) is 0 Å². The summed E-state index contributed by atoms with van der Waals surface area (Å²) in [6, 6.07) is 1.85. The summed E-state index contributed by atoms with van der Waals surface area (Å²) in [7, 11) is 0. The smallest absolute Gasteiger partial charge is 0.416 e. The molecule has 0 unspecified atom stereocenters. The molecular weight excluding hydrogens is 311 g/mol. The maximum Gasteiger partial charge on any atom is 0.416 e. The lowest BCUT2D eigenvalue weighted by Crippen LogP contribution is -2.26. The average Bonchev–Trinajstić information content (AvgIpc) is 2.28. The van der Waals surface area contributed by atoms with E-state index in [1.165, 1.54) is 0 Å². The molecule has 100 valence electrons. The molecule has 0 saturated carbocycles. The van der Waals surface area contributed by atoms with E-state index in [-0.39, 0.29) is 11.7 Å². The number of halogens is 4. The van der Waals surface area contributed by atoms with Crippen molar-refractivity contribution >= 4 is 15.9 Å². The van der Waals surface area contributed by atoms with Crippen molar-refractivity contribution in [3.05, 3.63) is 27.7 Å². The molecule has 0 radical (unpaired) electrons. The molecule has 6 heteroatoms. The number of hydrogen-bond donors (Lipinski definition) is 2. The molecule has 0 aromatic heterocycles. The van der Waals surface area contributed by atoms with Crippen molar-refractivity contribution in [2.45, 2.75) is 24.9 Å². The Morgan fingerprint density at radius 2 is 1.83 bits per heavy atom. The van der Waals surface area contributed by atoms with Gasteiger partial charge < -0.3 is 10.4 Å². The minimum absolute atomic E-state index is 0.0999. The Hall–Kier alpha value is -0.750. The molecule has 1 aromatic rings. The highest BCUT2D eigenvalue weighted by molar-refractivity contribution is 9.10. The number of aromatic hydroxyl groups is 1. The fraction of sp³-hybridized carbons (Fsp3) is 0.500. The van der Waals surface area contributed by atoms with Crippen LogP contribution in [0.4, 0.5) is 13.2 Å². The Morgan fingerprint density at radius 1 is 1.22 bits per heavy atom. The van der Waals surface area contributed by atoms with Crippen molar-refractivity contribution in [3.8, 4) is 5.75 Å². The van der Waals surface area contributed by atoms with Gasteiger partial charge in [0.2, 0.25) is 0 Å². The zero-order valence-electron chi connectivity index (χ0n) is 9.52. The monoisotopic (exact) mass is 323 g/mol. The largest absolute Gasteiger partial charge is 0.508 e. The first-order chi connectivity index (χ1) is 8.39. The van der Waals surface area contributed by atoms with Crippen molar-refractivity contribution in [2.24, 2.45) is 0 Å². The fourth-order valence-corrected chi connectivity index (χ4v) is 3.06. The molecule has 2 nitrogen and oxygen atoms in total. The number of piperidine rings is 1. The number of rotatable bonds is 1. The third-order valence-corrected chi connectivity index (χ3v) is 3.84. The number of phenols is 1. The van der Waals surface area contributed by atoms with Crippen LogP contribution in [0.25, 0.3) is 0 Å². The second kappa shape index (κ2) is 5.09. The van der Waals surface area contributed by atoms with Crippen LogP contribution in [0.15, 0.2) is 16.6 Å². The first kappa shape index (κ1) is 13.7. The normalized spacial score (nSPS) is 18.0. The molecular formula is C12H13BrF3NO. The van der Waals surface area contributed by atoms with Gasteiger partial charge in [0, 0.05) is 10.0 Å². The summed E-state index contributed by atoms with van der Waals surface area (Å²) < 4.78 is 38.1. The summed E-state index contributed by atoms with van der Waals surface area (Å²) in [6.45, 7) is 1.63. The zero-order valence-corrected chi connectivity index (χ0v) is 11.1. The minimum Gasteiger partial charge on any atom is -0.508 e. The quantitative estimate of drug-likeness (QED) is 0.827. The van der Waals surface area contributed by atoms with E-state index < -0.39 is 11.7 Å². The third-order valence-electron chi connectivity index (χ3n) is 3.18. The Kier molecular flexibility index (Phi) is 3.87. The first-order valence-electron chi connectivity index (χ1n) is 5.70. The maximum absolute atomic E-state index is 12.6. The van der Waals surface area contributed by atoms with E-state index in [1.54, 1.807) is 0 Å². The molecule has 1 heterocycles. The van der Waals surface area contributed by atoms with Crippen LogP contribution in [0.2, 0.25) is 0 Å². The maximum atomic E-state index is 12.6. The lowest BCUT2D eigenvalue weighted by atomic mass is 9.89. The predicted octanol–water partition coefficient (Wildman–Crippen LogP) is 3.64. The van der Waals surface area contributed by atoms with Gasteiger partial charge in [-0.05, 0) is 44.0 Å². The molecule has 2 rings (SSSR count). The summed E-state index contributed by atoms with van der Waals surface area (Å²) in [6.07, 6.45) is -2.80. The molecule has 1 saturated heterocycles. The molecule has 1 aliphatic rings. The standard InChI is InChI=1S/C12H13BrF3NO/c13-9-5-8(12(14,15)16)6-10(18)11(9)7-1-3-17-4-2-7/h5-7,17-18H,1-4H2. The highest BCUT2D eigenvalue weighted by Gasteiger charge is 2.33. The van der Waals surface area contributed by atoms with Crippen LogP contribution < -0.4 is 5.32 Å². The first-order valence-corrected chi connectivity index (χ1v) is 6.49. The van der Waals surface area contributed by atoms with Gasteiger partial charge in [0.15, 0.2) is 0 Å². The van der Waals surface area contributed by atoms with Gasteiger partial charge in [0.25, 0.3) is 0 Å². The summed E-state index contributed by atoms with van der Waals surface area (Å²) in [5.74, 6) is -0.175. The van der Waals surface area contributed by atoms with Crippen LogP contribution in [0.5, 0.6) is 5.75 Å². The van der Waals surface area contributed by atoms with Crippen LogP contribution in [0.3, 0.4) is 0 Å². The van der Waals surface area contributed by atoms with E-state index in [0.29, 0.717) is 10.0 Å². The molecule has 1 aromatic carbocycles. The van der Waals surface area contributed by atoms with Crippen molar-refractivity contribution in [1.29, 1.82) is 0 Å². The van der Waals surface area contributed by atoms with Gasteiger partial charge in [-0.15, -0.1) is 0 Å². The second-order valence-corrected chi connectivity index (χ2v) is 5.27. The van der Waals surface area contributed by atoms with Gasteiger partial charge in [-0.3, -0.25) is 0 Å². The van der Waals surface area contributed by atoms with E-state index in [9.17, 15) is 18.3 Å². The SMILES string of the molecule is Oc1cc(C(F)(F)F)cc(Br)c1C1CCNCC1. The number of alkyl halides is 3. The third kappa shape index (κ3) is 2.80. The van der Waals surface area contributed by atoms with E-state index in [0.717, 1.165) is 38.1 Å². The van der Waals surface area contributed by atoms with E-state index in [1.807, 2.05) is 0 Å². The van der Waals surface area contributed by atoms with E-state index in [2.05, 4.69) is 21.2 Å². The van der Waals surface area contributed by atoms with Crippen molar-refractivity contribution in [2.75, 3.05) is 13.1 Å². The topological polar surface area (TPSA) is 32.3 Å². The summed E-state index contributed by atoms with van der Waals surface area (Å²) in [5.41, 5.74) is -0.242.